The zero-order chi connectivity index (χ0) is 10.3. The summed E-state index contributed by atoms with van der Waals surface area (Å²) in [6, 6.07) is 0.0605. The Bertz CT molecular complexity index is 364. The molecular weight excluding hydrogens is 206 g/mol. The molecule has 2 aliphatic heterocycles. The predicted octanol–water partition coefficient (Wildman–Crippen LogP) is -1.40. The van der Waals surface area contributed by atoms with Crippen molar-refractivity contribution in [2.45, 2.75) is 17.7 Å². The van der Waals surface area contributed by atoms with Crippen LogP contribution < -0.4 is 5.73 Å². The lowest BCUT2D eigenvalue weighted by atomic mass is 10.2. The SMILES string of the molecule is N/C(CN1CC2CC1CS2(=O)=O)=N\O. The number of fused-ring (bicyclic) bond motifs is 2. The summed E-state index contributed by atoms with van der Waals surface area (Å²) in [6.45, 7) is 0.871. The summed E-state index contributed by atoms with van der Waals surface area (Å²) in [7, 11) is -2.85. The van der Waals surface area contributed by atoms with E-state index in [1.807, 2.05) is 4.90 Å². The Kier molecular flexibility index (Phi) is 2.15. The van der Waals surface area contributed by atoms with E-state index in [0.29, 0.717) is 19.5 Å². The van der Waals surface area contributed by atoms with E-state index in [1.54, 1.807) is 0 Å². The second-order valence-corrected chi connectivity index (χ2v) is 6.19. The van der Waals surface area contributed by atoms with Crippen LogP contribution in [0.4, 0.5) is 0 Å². The molecule has 0 amide bonds. The Hall–Kier alpha value is -0.820. The molecule has 2 fully saturated rings. The fourth-order valence-corrected chi connectivity index (χ4v) is 4.30. The third-order valence-corrected chi connectivity index (χ3v) is 5.12. The molecule has 14 heavy (non-hydrogen) atoms. The summed E-state index contributed by atoms with van der Waals surface area (Å²) < 4.78 is 22.8. The van der Waals surface area contributed by atoms with Crippen LogP contribution in [0.2, 0.25) is 0 Å². The maximum atomic E-state index is 11.4. The molecule has 0 aromatic heterocycles. The maximum Gasteiger partial charge on any atom is 0.156 e. The molecule has 2 saturated heterocycles. The molecule has 2 rings (SSSR count). The molecule has 2 aliphatic rings. The first-order valence-electron chi connectivity index (χ1n) is 4.45. The van der Waals surface area contributed by atoms with E-state index in [2.05, 4.69) is 5.16 Å². The number of sulfone groups is 1. The molecule has 0 radical (unpaired) electrons. The number of nitrogens with zero attached hydrogens (tertiary/aromatic N) is 2. The lowest BCUT2D eigenvalue weighted by molar-refractivity contribution is 0.285. The first kappa shape index (κ1) is 9.72. The Labute approximate surface area is 82.3 Å². The smallest absolute Gasteiger partial charge is 0.156 e. The molecule has 2 unspecified atom stereocenters. The quantitative estimate of drug-likeness (QED) is 0.258. The fraction of sp³-hybridized carbons (Fsp3) is 0.857. The number of nitrogens with two attached hydrogens (primary N) is 1. The van der Waals surface area contributed by atoms with Gasteiger partial charge in [0.15, 0.2) is 15.7 Å². The average molecular weight is 219 g/mol. The van der Waals surface area contributed by atoms with Crippen molar-refractivity contribution in [1.29, 1.82) is 0 Å². The van der Waals surface area contributed by atoms with Crippen LogP contribution in [-0.4, -0.2) is 54.5 Å². The van der Waals surface area contributed by atoms with E-state index < -0.39 is 9.84 Å². The highest BCUT2D eigenvalue weighted by Crippen LogP contribution is 2.32. The molecular formula is C7H13N3O3S. The minimum atomic E-state index is -2.85. The summed E-state index contributed by atoms with van der Waals surface area (Å²) in [6.07, 6.45) is 0.695. The highest BCUT2D eigenvalue weighted by Gasteiger charge is 2.48. The van der Waals surface area contributed by atoms with Crippen LogP contribution in [0.3, 0.4) is 0 Å². The second kappa shape index (κ2) is 3.09. The molecule has 3 N–H and O–H groups in total. The van der Waals surface area contributed by atoms with Gasteiger partial charge < -0.3 is 10.9 Å². The molecule has 2 heterocycles. The summed E-state index contributed by atoms with van der Waals surface area (Å²) in [5.74, 6) is 0.353. The summed E-state index contributed by atoms with van der Waals surface area (Å²) in [5.41, 5.74) is 5.36. The molecule has 0 aliphatic carbocycles. The average Bonchev–Trinajstić information content (AvgIpc) is 2.59. The molecule has 0 aromatic carbocycles. The van der Waals surface area contributed by atoms with Gasteiger partial charge in [0.1, 0.15) is 0 Å². The van der Waals surface area contributed by atoms with Gasteiger partial charge in [-0.05, 0) is 6.42 Å². The number of oxime groups is 1. The largest absolute Gasteiger partial charge is 0.409 e. The second-order valence-electron chi connectivity index (χ2n) is 3.86. The van der Waals surface area contributed by atoms with Gasteiger partial charge in [0.25, 0.3) is 0 Å². The van der Waals surface area contributed by atoms with Gasteiger partial charge in [-0.15, -0.1) is 0 Å². The topological polar surface area (TPSA) is 96.0 Å². The zero-order valence-corrected chi connectivity index (χ0v) is 8.44. The van der Waals surface area contributed by atoms with Crippen LogP contribution in [0.15, 0.2) is 5.16 Å². The molecule has 2 atom stereocenters. The molecule has 2 bridgehead atoms. The van der Waals surface area contributed by atoms with Crippen molar-refractivity contribution < 1.29 is 13.6 Å². The monoisotopic (exact) mass is 219 g/mol. The third-order valence-electron chi connectivity index (χ3n) is 2.92. The predicted molar refractivity (Wildman–Crippen MR) is 51.0 cm³/mol. The Morgan fingerprint density at radius 2 is 2.36 bits per heavy atom. The van der Waals surface area contributed by atoms with Crippen LogP contribution in [0.25, 0.3) is 0 Å². The van der Waals surface area contributed by atoms with E-state index in [-0.39, 0.29) is 22.9 Å². The molecule has 0 saturated carbocycles. The van der Waals surface area contributed by atoms with Crippen molar-refractivity contribution in [2.75, 3.05) is 18.8 Å². The van der Waals surface area contributed by atoms with Crippen molar-refractivity contribution in [3.63, 3.8) is 0 Å². The Balaban J connectivity index is 2.04. The van der Waals surface area contributed by atoms with Crippen LogP contribution >= 0.6 is 0 Å². The van der Waals surface area contributed by atoms with Crippen molar-refractivity contribution in [3.05, 3.63) is 0 Å². The van der Waals surface area contributed by atoms with Gasteiger partial charge in [0, 0.05) is 12.6 Å². The summed E-state index contributed by atoms with van der Waals surface area (Å²) in [4.78, 5) is 1.96. The number of hydrogen-bond donors (Lipinski definition) is 2. The van der Waals surface area contributed by atoms with Crippen LogP contribution in [0.1, 0.15) is 6.42 Å². The van der Waals surface area contributed by atoms with Gasteiger partial charge in [-0.2, -0.15) is 0 Å². The van der Waals surface area contributed by atoms with E-state index in [0.717, 1.165) is 0 Å². The fourth-order valence-electron chi connectivity index (χ4n) is 2.21. The van der Waals surface area contributed by atoms with Gasteiger partial charge in [-0.3, -0.25) is 4.90 Å². The number of rotatable bonds is 2. The molecule has 0 spiro atoms. The molecule has 80 valence electrons. The van der Waals surface area contributed by atoms with Gasteiger partial charge in [0.05, 0.1) is 17.5 Å². The minimum absolute atomic E-state index is 0.0605. The number of amidine groups is 1. The summed E-state index contributed by atoms with van der Waals surface area (Å²) >= 11 is 0. The van der Waals surface area contributed by atoms with Crippen LogP contribution in [0.5, 0.6) is 0 Å². The van der Waals surface area contributed by atoms with Crippen LogP contribution in [0, 0.1) is 0 Å². The zero-order valence-electron chi connectivity index (χ0n) is 7.63. The standard InChI is InChI=1S/C7H13N3O3S/c8-7(9-11)3-10-2-6-1-5(10)4-14(6,12)13/h5-6,11H,1-4H2,(H2,8,9). The van der Waals surface area contributed by atoms with Crippen molar-refractivity contribution in [3.8, 4) is 0 Å². The molecule has 6 nitrogen and oxygen atoms in total. The maximum absolute atomic E-state index is 11.4. The van der Waals surface area contributed by atoms with Gasteiger partial charge >= 0.3 is 0 Å². The molecule has 7 heteroatoms. The highest BCUT2D eigenvalue weighted by molar-refractivity contribution is 7.92. The first-order chi connectivity index (χ1) is 6.53. The van der Waals surface area contributed by atoms with Crippen molar-refractivity contribution in [1.82, 2.24) is 4.90 Å². The Morgan fingerprint density at radius 1 is 1.64 bits per heavy atom. The highest BCUT2D eigenvalue weighted by atomic mass is 32.2. The van der Waals surface area contributed by atoms with Gasteiger partial charge in [-0.25, -0.2) is 8.42 Å². The Morgan fingerprint density at radius 3 is 2.79 bits per heavy atom. The van der Waals surface area contributed by atoms with Gasteiger partial charge in [-0.1, -0.05) is 5.16 Å². The normalized spacial score (nSPS) is 36.4. The van der Waals surface area contributed by atoms with E-state index in [9.17, 15) is 8.42 Å². The summed E-state index contributed by atoms with van der Waals surface area (Å²) in [5, 5.41) is 11.0. The van der Waals surface area contributed by atoms with E-state index in [4.69, 9.17) is 10.9 Å². The van der Waals surface area contributed by atoms with Crippen molar-refractivity contribution in [2.24, 2.45) is 10.9 Å². The lowest BCUT2D eigenvalue weighted by Crippen LogP contribution is -2.44. The van der Waals surface area contributed by atoms with Gasteiger partial charge in [0.2, 0.25) is 0 Å². The molecule has 0 aromatic rings. The third kappa shape index (κ3) is 1.46. The van der Waals surface area contributed by atoms with Crippen LogP contribution in [-0.2, 0) is 9.84 Å². The van der Waals surface area contributed by atoms with Crippen molar-refractivity contribution >= 4 is 15.7 Å². The van der Waals surface area contributed by atoms with E-state index >= 15 is 0 Å². The number of hydrogen-bond acceptors (Lipinski definition) is 5. The number of likely N-dealkylation sites (tertiary alicyclic amines) is 1. The lowest BCUT2D eigenvalue weighted by Gasteiger charge is -2.25. The first-order valence-corrected chi connectivity index (χ1v) is 6.16. The minimum Gasteiger partial charge on any atom is -0.409 e. The van der Waals surface area contributed by atoms with E-state index in [1.165, 1.54) is 0 Å².